The fourth-order valence-electron chi connectivity index (χ4n) is 5.14. The first-order valence-corrected chi connectivity index (χ1v) is 12.4. The van der Waals surface area contributed by atoms with Crippen molar-refractivity contribution in [3.63, 3.8) is 0 Å². The van der Waals surface area contributed by atoms with Crippen molar-refractivity contribution >= 4 is 28.3 Å². The Morgan fingerprint density at radius 2 is 1.78 bits per heavy atom. The zero-order valence-electron chi connectivity index (χ0n) is 19.6. The molecular weight excluding hydrogens is 476 g/mol. The highest BCUT2D eigenvalue weighted by molar-refractivity contribution is 6.34. The number of carbonyl (C=O) groups is 1. The monoisotopic (exact) mass is 500 g/mol. The summed E-state index contributed by atoms with van der Waals surface area (Å²) in [4.78, 5) is 12.4. The van der Waals surface area contributed by atoms with E-state index in [1.165, 1.54) is 0 Å². The predicted molar refractivity (Wildman–Crippen MR) is 138 cm³/mol. The van der Waals surface area contributed by atoms with E-state index in [4.69, 9.17) is 25.8 Å². The summed E-state index contributed by atoms with van der Waals surface area (Å²) < 4.78 is 17.0. The van der Waals surface area contributed by atoms with Crippen molar-refractivity contribution in [3.8, 4) is 16.9 Å². The standard InChI is InChI=1S/C30H25ClO5/c31-27-7-2-1-6-23(27)28-24-16-22(9-8-20(24)15-25-26(28)18-36-29(25)32)35-17-19-4-3-5-21(14-19)30(33)10-12-34-13-11-30/h1-9,14-16,33H,10-13,17-18H2. The summed E-state index contributed by atoms with van der Waals surface area (Å²) in [6.07, 6.45) is 1.17. The van der Waals surface area contributed by atoms with E-state index in [0.717, 1.165) is 38.6 Å². The third-order valence-electron chi connectivity index (χ3n) is 7.12. The normalized spacial score (nSPS) is 16.6. The molecule has 4 aromatic rings. The summed E-state index contributed by atoms with van der Waals surface area (Å²) in [7, 11) is 0. The molecule has 1 saturated heterocycles. The minimum Gasteiger partial charge on any atom is -0.489 e. The number of cyclic esters (lactones) is 1. The van der Waals surface area contributed by atoms with E-state index in [9.17, 15) is 9.90 Å². The van der Waals surface area contributed by atoms with Gasteiger partial charge in [-0.2, -0.15) is 0 Å². The van der Waals surface area contributed by atoms with Crippen LogP contribution in [0.3, 0.4) is 0 Å². The predicted octanol–water partition coefficient (Wildman–Crippen LogP) is 6.41. The fraction of sp³-hybridized carbons (Fsp3) is 0.233. The summed E-state index contributed by atoms with van der Waals surface area (Å²) >= 11 is 6.58. The quantitative estimate of drug-likeness (QED) is 0.321. The Labute approximate surface area is 214 Å². The third-order valence-corrected chi connectivity index (χ3v) is 7.45. The summed E-state index contributed by atoms with van der Waals surface area (Å²) in [5, 5.41) is 13.5. The van der Waals surface area contributed by atoms with E-state index in [1.54, 1.807) is 0 Å². The Morgan fingerprint density at radius 1 is 0.944 bits per heavy atom. The van der Waals surface area contributed by atoms with E-state index >= 15 is 0 Å². The number of fused-ring (bicyclic) bond motifs is 2. The number of hydrogen-bond donors (Lipinski definition) is 1. The van der Waals surface area contributed by atoms with E-state index in [1.807, 2.05) is 72.8 Å². The molecule has 0 atom stereocenters. The smallest absolute Gasteiger partial charge is 0.338 e. The summed E-state index contributed by atoms with van der Waals surface area (Å²) in [6, 6.07) is 23.3. The lowest BCUT2D eigenvalue weighted by Crippen LogP contribution is -2.33. The van der Waals surface area contributed by atoms with Crippen LogP contribution in [0.4, 0.5) is 0 Å². The number of benzene rings is 4. The molecule has 1 fully saturated rings. The van der Waals surface area contributed by atoms with Crippen molar-refractivity contribution in [1.82, 2.24) is 0 Å². The van der Waals surface area contributed by atoms with E-state index in [2.05, 4.69) is 0 Å². The molecule has 0 unspecified atom stereocenters. The van der Waals surface area contributed by atoms with E-state index in [0.29, 0.717) is 49.0 Å². The highest BCUT2D eigenvalue weighted by atomic mass is 35.5. The number of esters is 1. The van der Waals surface area contributed by atoms with Crippen LogP contribution in [0.1, 0.15) is 39.9 Å². The molecule has 0 saturated carbocycles. The maximum Gasteiger partial charge on any atom is 0.338 e. The highest BCUT2D eigenvalue weighted by Gasteiger charge is 2.32. The number of halogens is 1. The zero-order chi connectivity index (χ0) is 24.7. The van der Waals surface area contributed by atoms with Gasteiger partial charge in [-0.15, -0.1) is 0 Å². The molecule has 0 bridgehead atoms. The van der Waals surface area contributed by atoms with Crippen LogP contribution in [0, 0.1) is 0 Å². The lowest BCUT2D eigenvalue weighted by Gasteiger charge is -2.32. The lowest BCUT2D eigenvalue weighted by molar-refractivity contribution is -0.0679. The van der Waals surface area contributed by atoms with Crippen LogP contribution in [0.5, 0.6) is 5.75 Å². The molecule has 0 radical (unpaired) electrons. The number of ether oxygens (including phenoxy) is 3. The molecule has 5 nitrogen and oxygen atoms in total. The molecule has 0 amide bonds. The molecule has 0 aromatic heterocycles. The largest absolute Gasteiger partial charge is 0.489 e. The zero-order valence-corrected chi connectivity index (χ0v) is 20.4. The van der Waals surface area contributed by atoms with Crippen LogP contribution in [-0.4, -0.2) is 24.3 Å². The molecule has 182 valence electrons. The summed E-state index contributed by atoms with van der Waals surface area (Å²) in [5.41, 5.74) is 4.19. The Bertz CT molecular complexity index is 1470. The molecule has 0 spiro atoms. The van der Waals surface area contributed by atoms with Crippen LogP contribution in [0.2, 0.25) is 5.02 Å². The van der Waals surface area contributed by atoms with Crippen molar-refractivity contribution in [2.45, 2.75) is 31.7 Å². The number of carbonyl (C=O) groups excluding carboxylic acids is 1. The number of rotatable bonds is 5. The molecule has 0 aliphatic carbocycles. The van der Waals surface area contributed by atoms with Crippen molar-refractivity contribution in [2.75, 3.05) is 13.2 Å². The van der Waals surface area contributed by atoms with Crippen LogP contribution < -0.4 is 4.74 Å². The maximum atomic E-state index is 12.4. The SMILES string of the molecule is O=C1OCc2c1cc1ccc(OCc3cccc(C4(O)CCOCC4)c3)cc1c2-c1ccccc1Cl. The Hall–Kier alpha value is -3.38. The first-order valence-electron chi connectivity index (χ1n) is 12.1. The van der Waals surface area contributed by atoms with Gasteiger partial charge in [0.2, 0.25) is 0 Å². The second-order valence-electron chi connectivity index (χ2n) is 9.35. The van der Waals surface area contributed by atoms with Gasteiger partial charge in [0.1, 0.15) is 19.0 Å². The third kappa shape index (κ3) is 4.13. The molecule has 1 N–H and O–H groups in total. The topological polar surface area (TPSA) is 65.0 Å². The average Bonchev–Trinajstić information content (AvgIpc) is 3.27. The Morgan fingerprint density at radius 3 is 2.61 bits per heavy atom. The van der Waals surface area contributed by atoms with E-state index in [-0.39, 0.29) is 12.6 Å². The van der Waals surface area contributed by atoms with Crippen LogP contribution >= 0.6 is 11.6 Å². The molecular formula is C30H25ClO5. The fourth-order valence-corrected chi connectivity index (χ4v) is 5.37. The molecule has 2 aliphatic rings. The molecule has 6 heteroatoms. The molecule has 6 rings (SSSR count). The van der Waals surface area contributed by atoms with Crippen molar-refractivity contribution < 1.29 is 24.1 Å². The van der Waals surface area contributed by atoms with Gasteiger partial charge in [-0.05, 0) is 57.8 Å². The van der Waals surface area contributed by atoms with Crippen molar-refractivity contribution in [3.05, 3.63) is 100 Å². The van der Waals surface area contributed by atoms with Gasteiger partial charge in [-0.3, -0.25) is 0 Å². The van der Waals surface area contributed by atoms with Gasteiger partial charge in [-0.25, -0.2) is 4.79 Å². The van der Waals surface area contributed by atoms with Gasteiger partial charge in [0.05, 0.1) is 11.2 Å². The van der Waals surface area contributed by atoms with Crippen molar-refractivity contribution in [2.24, 2.45) is 0 Å². The first-order chi connectivity index (χ1) is 17.5. The minimum atomic E-state index is -0.860. The number of aliphatic hydroxyl groups is 1. The lowest BCUT2D eigenvalue weighted by atomic mass is 9.86. The Balaban J connectivity index is 1.35. The second kappa shape index (κ2) is 9.25. The van der Waals surface area contributed by atoms with Gasteiger partial charge in [0, 0.05) is 42.2 Å². The van der Waals surface area contributed by atoms with Gasteiger partial charge in [0.25, 0.3) is 0 Å². The molecule has 36 heavy (non-hydrogen) atoms. The number of hydrogen-bond acceptors (Lipinski definition) is 5. The highest BCUT2D eigenvalue weighted by Crippen LogP contribution is 2.42. The van der Waals surface area contributed by atoms with Crippen molar-refractivity contribution in [1.29, 1.82) is 0 Å². The molecule has 2 heterocycles. The van der Waals surface area contributed by atoms with Gasteiger partial charge in [0.15, 0.2) is 0 Å². The molecule has 4 aromatic carbocycles. The van der Waals surface area contributed by atoms with Crippen LogP contribution in [0.15, 0.2) is 72.8 Å². The van der Waals surface area contributed by atoms with Crippen LogP contribution in [-0.2, 0) is 28.3 Å². The second-order valence-corrected chi connectivity index (χ2v) is 9.76. The minimum absolute atomic E-state index is 0.219. The van der Waals surface area contributed by atoms with Gasteiger partial charge >= 0.3 is 5.97 Å². The maximum absolute atomic E-state index is 12.4. The van der Waals surface area contributed by atoms with Gasteiger partial charge in [-0.1, -0.05) is 54.1 Å². The molecule has 2 aliphatic heterocycles. The van der Waals surface area contributed by atoms with Gasteiger partial charge < -0.3 is 19.3 Å². The Kier molecular flexibility index (Phi) is 5.92. The average molecular weight is 501 g/mol. The summed E-state index contributed by atoms with van der Waals surface area (Å²) in [6.45, 7) is 1.70. The van der Waals surface area contributed by atoms with E-state index < -0.39 is 5.60 Å². The first kappa shape index (κ1) is 23.0. The summed E-state index contributed by atoms with van der Waals surface area (Å²) in [5.74, 6) is 0.391. The van der Waals surface area contributed by atoms with Crippen LogP contribution in [0.25, 0.3) is 21.9 Å².